The first-order chi connectivity index (χ1) is 18.5. The molecule has 5 rings (SSSR count). The Labute approximate surface area is 229 Å². The van der Waals surface area contributed by atoms with Crippen molar-refractivity contribution >= 4 is 40.4 Å². The summed E-state index contributed by atoms with van der Waals surface area (Å²) in [6.45, 7) is 4.94. The highest BCUT2D eigenvalue weighted by atomic mass is 35.5. The van der Waals surface area contributed by atoms with E-state index in [1.54, 1.807) is 33.8 Å². The molecule has 0 saturated carbocycles. The molecule has 0 spiro atoms. The second-order valence-electron chi connectivity index (χ2n) is 10.4. The standard InChI is InChI=1S/C27H30ClF3N6O2/c1-16-8-13-36(21-15-32-23-14-22(28)33-37(23)24(16)21)20-6-4-18(5-7-20)25(27(29,30)31)34(3)26(39)19-9-11-35(12-10-19)17(2)38/h4-7,14-16,19,25H,8-13H2,1-3H3/t16-,25-/m0/s1. The summed E-state index contributed by atoms with van der Waals surface area (Å²) in [5, 5.41) is 4.71. The van der Waals surface area contributed by atoms with Crippen LogP contribution in [-0.4, -0.2) is 69.1 Å². The molecule has 4 heterocycles. The zero-order valence-corrected chi connectivity index (χ0v) is 22.7. The summed E-state index contributed by atoms with van der Waals surface area (Å²) in [7, 11) is 1.21. The number of nitrogens with zero attached hydrogens (tertiary/aromatic N) is 6. The normalized spacial score (nSPS) is 19.2. The van der Waals surface area contributed by atoms with E-state index in [9.17, 15) is 22.8 Å². The number of carbonyl (C=O) groups excluding carboxylic acids is 2. The summed E-state index contributed by atoms with van der Waals surface area (Å²) in [6, 6.07) is 5.78. The van der Waals surface area contributed by atoms with Crippen LogP contribution in [0.1, 0.15) is 56.3 Å². The Morgan fingerprint density at radius 1 is 1.10 bits per heavy atom. The van der Waals surface area contributed by atoms with Gasteiger partial charge >= 0.3 is 6.18 Å². The third kappa shape index (κ3) is 5.16. The minimum Gasteiger partial charge on any atom is -0.343 e. The number of anilines is 2. The van der Waals surface area contributed by atoms with Crippen LogP contribution in [0.4, 0.5) is 24.5 Å². The van der Waals surface area contributed by atoms with Crippen molar-refractivity contribution in [3.05, 3.63) is 52.9 Å². The van der Waals surface area contributed by atoms with E-state index in [0.717, 1.165) is 28.4 Å². The van der Waals surface area contributed by atoms with Gasteiger partial charge in [0.1, 0.15) is 0 Å². The van der Waals surface area contributed by atoms with Crippen molar-refractivity contribution < 1.29 is 22.8 Å². The Morgan fingerprint density at radius 3 is 2.38 bits per heavy atom. The molecular weight excluding hydrogens is 533 g/mol. The third-order valence-corrected chi connectivity index (χ3v) is 8.05. The first-order valence-corrected chi connectivity index (χ1v) is 13.3. The SMILES string of the molecule is CC(=O)N1CCC(C(=O)N(C)[C@@H](c2ccc(N3CC[C@H](C)c4c3cnc3cc(Cl)nn43)cc2)C(F)(F)F)CC1. The summed E-state index contributed by atoms with van der Waals surface area (Å²) in [5.41, 5.74) is 3.11. The van der Waals surface area contributed by atoms with Crippen molar-refractivity contribution in [2.24, 2.45) is 5.92 Å². The summed E-state index contributed by atoms with van der Waals surface area (Å²) in [4.78, 5) is 33.6. The first kappa shape index (κ1) is 27.2. The molecule has 2 amide bonds. The van der Waals surface area contributed by atoms with E-state index in [4.69, 9.17) is 11.6 Å². The van der Waals surface area contributed by atoms with Crippen LogP contribution < -0.4 is 4.90 Å². The molecule has 3 aromatic rings. The smallest absolute Gasteiger partial charge is 0.343 e. The average molecular weight is 563 g/mol. The van der Waals surface area contributed by atoms with Gasteiger partial charge in [-0.15, -0.1) is 0 Å². The van der Waals surface area contributed by atoms with Crippen LogP contribution in [0.5, 0.6) is 0 Å². The summed E-state index contributed by atoms with van der Waals surface area (Å²) >= 11 is 6.11. The van der Waals surface area contributed by atoms with Gasteiger partial charge in [0.25, 0.3) is 0 Å². The van der Waals surface area contributed by atoms with Gasteiger partial charge in [0.15, 0.2) is 16.8 Å². The lowest BCUT2D eigenvalue weighted by molar-refractivity contribution is -0.191. The molecule has 2 aliphatic heterocycles. The minimum absolute atomic E-state index is 0.0127. The highest BCUT2D eigenvalue weighted by Gasteiger charge is 2.46. The van der Waals surface area contributed by atoms with Gasteiger partial charge in [0.05, 0.1) is 17.6 Å². The van der Waals surface area contributed by atoms with Crippen molar-refractivity contribution in [1.29, 1.82) is 0 Å². The van der Waals surface area contributed by atoms with Gasteiger partial charge in [-0.3, -0.25) is 9.59 Å². The van der Waals surface area contributed by atoms with Crippen molar-refractivity contribution in [2.75, 3.05) is 31.6 Å². The number of halogens is 4. The fourth-order valence-corrected chi connectivity index (χ4v) is 5.93. The summed E-state index contributed by atoms with van der Waals surface area (Å²) < 4.78 is 44.7. The van der Waals surface area contributed by atoms with Crippen LogP contribution >= 0.6 is 11.6 Å². The maximum atomic E-state index is 14.3. The predicted molar refractivity (Wildman–Crippen MR) is 141 cm³/mol. The molecule has 1 fully saturated rings. The highest BCUT2D eigenvalue weighted by molar-refractivity contribution is 6.29. The molecule has 2 atom stereocenters. The van der Waals surface area contributed by atoms with Gasteiger partial charge in [-0.1, -0.05) is 30.7 Å². The first-order valence-electron chi connectivity index (χ1n) is 13.0. The van der Waals surface area contributed by atoms with Crippen molar-refractivity contribution in [1.82, 2.24) is 24.4 Å². The molecule has 8 nitrogen and oxygen atoms in total. The van der Waals surface area contributed by atoms with E-state index in [-0.39, 0.29) is 17.4 Å². The molecule has 12 heteroatoms. The highest BCUT2D eigenvalue weighted by Crippen LogP contribution is 2.42. The zero-order valence-electron chi connectivity index (χ0n) is 22.0. The maximum Gasteiger partial charge on any atom is 0.413 e. The van der Waals surface area contributed by atoms with E-state index in [1.165, 1.54) is 26.1 Å². The van der Waals surface area contributed by atoms with E-state index < -0.39 is 24.0 Å². The van der Waals surface area contributed by atoms with Crippen molar-refractivity contribution in [2.45, 2.75) is 51.2 Å². The number of hydrogen-bond donors (Lipinski definition) is 0. The molecule has 0 unspecified atom stereocenters. The largest absolute Gasteiger partial charge is 0.413 e. The Bertz CT molecular complexity index is 1380. The molecular formula is C27H30ClF3N6O2. The number of fused-ring (bicyclic) bond motifs is 3. The fraction of sp³-hybridized carbons (Fsp3) is 0.481. The van der Waals surface area contributed by atoms with Crippen LogP contribution in [0.2, 0.25) is 5.15 Å². The third-order valence-electron chi connectivity index (χ3n) is 7.87. The van der Waals surface area contributed by atoms with Crippen LogP contribution in [-0.2, 0) is 9.59 Å². The fourth-order valence-electron chi connectivity index (χ4n) is 5.76. The van der Waals surface area contributed by atoms with Gasteiger partial charge < -0.3 is 14.7 Å². The van der Waals surface area contributed by atoms with Gasteiger partial charge in [-0.05, 0) is 37.0 Å². The number of benzene rings is 1. The average Bonchev–Trinajstić information content (AvgIpc) is 3.28. The predicted octanol–water partition coefficient (Wildman–Crippen LogP) is 5.35. The molecule has 0 aliphatic carbocycles. The molecule has 0 N–H and O–H groups in total. The lowest BCUT2D eigenvalue weighted by Crippen LogP contribution is -2.46. The van der Waals surface area contributed by atoms with Gasteiger partial charge in [0.2, 0.25) is 11.8 Å². The van der Waals surface area contributed by atoms with Gasteiger partial charge in [0, 0.05) is 57.2 Å². The van der Waals surface area contributed by atoms with E-state index in [1.807, 2.05) is 4.90 Å². The molecule has 208 valence electrons. The Kier molecular flexibility index (Phi) is 7.21. The second kappa shape index (κ2) is 10.3. The molecule has 1 aromatic carbocycles. The van der Waals surface area contributed by atoms with Crippen LogP contribution in [0, 0.1) is 5.92 Å². The maximum absolute atomic E-state index is 14.3. The Hall–Kier alpha value is -3.34. The topological polar surface area (TPSA) is 74.1 Å². The number of hydrogen-bond acceptors (Lipinski definition) is 5. The Balaban J connectivity index is 1.40. The van der Waals surface area contributed by atoms with Crippen LogP contribution in [0.25, 0.3) is 5.65 Å². The number of aromatic nitrogens is 3. The van der Waals surface area contributed by atoms with E-state index in [2.05, 4.69) is 17.0 Å². The molecule has 0 bridgehead atoms. The number of likely N-dealkylation sites (tertiary alicyclic amines) is 1. The summed E-state index contributed by atoms with van der Waals surface area (Å²) in [6.07, 6.45) is -1.40. The lowest BCUT2D eigenvalue weighted by Gasteiger charge is -2.37. The monoisotopic (exact) mass is 562 g/mol. The summed E-state index contributed by atoms with van der Waals surface area (Å²) in [5.74, 6) is -1.02. The second-order valence-corrected chi connectivity index (χ2v) is 10.8. The van der Waals surface area contributed by atoms with Crippen molar-refractivity contribution in [3.63, 3.8) is 0 Å². The molecule has 1 saturated heterocycles. The Morgan fingerprint density at radius 2 is 1.77 bits per heavy atom. The van der Waals surface area contributed by atoms with E-state index >= 15 is 0 Å². The number of alkyl halides is 3. The number of rotatable bonds is 4. The lowest BCUT2D eigenvalue weighted by atomic mass is 9.93. The number of amides is 2. The molecule has 2 aliphatic rings. The van der Waals surface area contributed by atoms with Crippen LogP contribution in [0.3, 0.4) is 0 Å². The van der Waals surface area contributed by atoms with Gasteiger partial charge in [-0.25, -0.2) is 9.50 Å². The van der Waals surface area contributed by atoms with Crippen molar-refractivity contribution in [3.8, 4) is 0 Å². The number of carbonyl (C=O) groups is 2. The van der Waals surface area contributed by atoms with Crippen LogP contribution in [0.15, 0.2) is 36.5 Å². The molecule has 0 radical (unpaired) electrons. The zero-order chi connectivity index (χ0) is 28.1. The number of piperidine rings is 1. The minimum atomic E-state index is -4.66. The molecule has 39 heavy (non-hydrogen) atoms. The molecule has 2 aromatic heterocycles. The van der Waals surface area contributed by atoms with E-state index in [0.29, 0.717) is 43.3 Å². The van der Waals surface area contributed by atoms with Gasteiger partial charge in [-0.2, -0.15) is 18.3 Å². The quantitative estimate of drug-likeness (QED) is 0.429.